The fraction of sp³-hybridized carbons (Fsp3) is 0.158. The largest absolute Gasteiger partial charge is 0.497 e. The summed E-state index contributed by atoms with van der Waals surface area (Å²) in [7, 11) is 3.09. The van der Waals surface area contributed by atoms with Gasteiger partial charge in [0.2, 0.25) is 0 Å². The molecule has 0 amide bonds. The number of rotatable bonds is 7. The number of ether oxygens (including phenoxy) is 3. The van der Waals surface area contributed by atoms with Crippen molar-refractivity contribution < 1.29 is 23.8 Å². The molecular formula is C19H18O5. The summed E-state index contributed by atoms with van der Waals surface area (Å²) in [5, 5.41) is 0. The van der Waals surface area contributed by atoms with Gasteiger partial charge >= 0.3 is 5.97 Å². The number of methoxy groups -OCH3 is 2. The maximum atomic E-state index is 11.9. The maximum Gasteiger partial charge on any atom is 0.331 e. The molecule has 2 rings (SSSR count). The topological polar surface area (TPSA) is 61.8 Å². The third-order valence-electron chi connectivity index (χ3n) is 3.28. The molecule has 0 aliphatic heterocycles. The maximum absolute atomic E-state index is 11.9. The highest BCUT2D eigenvalue weighted by atomic mass is 16.5. The standard InChI is InChI=1S/C19H18O5/c1-22-16-10-8-15(18(12-16)23-2)9-11-19(21)24-13-17(20)14-6-4-3-5-7-14/h3-12H,13H2,1-2H3/b11-9+. The number of carbonyl (C=O) groups is 2. The van der Waals surface area contributed by atoms with Crippen molar-refractivity contribution in [2.24, 2.45) is 0 Å². The van der Waals surface area contributed by atoms with Crippen LogP contribution in [0.4, 0.5) is 0 Å². The summed E-state index contributed by atoms with van der Waals surface area (Å²) in [5.41, 5.74) is 1.20. The van der Waals surface area contributed by atoms with E-state index in [1.165, 1.54) is 13.2 Å². The highest BCUT2D eigenvalue weighted by Crippen LogP contribution is 2.25. The smallest absolute Gasteiger partial charge is 0.331 e. The van der Waals surface area contributed by atoms with Crippen LogP contribution in [-0.4, -0.2) is 32.6 Å². The third kappa shape index (κ3) is 4.71. The Balaban J connectivity index is 1.95. The predicted octanol–water partition coefficient (Wildman–Crippen LogP) is 3.14. The lowest BCUT2D eigenvalue weighted by Crippen LogP contribution is -2.12. The SMILES string of the molecule is COc1ccc(/C=C/C(=O)OCC(=O)c2ccccc2)c(OC)c1. The number of Topliss-reactive ketones (excluding diaryl/α,β-unsaturated/α-hetero) is 1. The van der Waals surface area contributed by atoms with E-state index in [1.807, 2.05) is 6.07 Å². The van der Waals surface area contributed by atoms with Crippen LogP contribution < -0.4 is 9.47 Å². The zero-order valence-electron chi connectivity index (χ0n) is 13.5. The quantitative estimate of drug-likeness (QED) is 0.444. The van der Waals surface area contributed by atoms with Gasteiger partial charge in [0.1, 0.15) is 11.5 Å². The first kappa shape index (κ1) is 17.3. The summed E-state index contributed by atoms with van der Waals surface area (Å²) in [4.78, 5) is 23.6. The van der Waals surface area contributed by atoms with Gasteiger partial charge in [0, 0.05) is 23.3 Å². The molecule has 2 aromatic carbocycles. The van der Waals surface area contributed by atoms with Crippen LogP contribution in [0.3, 0.4) is 0 Å². The Kier molecular flexibility index (Phi) is 6.14. The normalized spacial score (nSPS) is 10.4. The van der Waals surface area contributed by atoms with E-state index in [1.54, 1.807) is 55.7 Å². The van der Waals surface area contributed by atoms with E-state index in [0.29, 0.717) is 22.6 Å². The number of hydrogen-bond donors (Lipinski definition) is 0. The van der Waals surface area contributed by atoms with Crippen molar-refractivity contribution in [2.75, 3.05) is 20.8 Å². The fourth-order valence-electron chi connectivity index (χ4n) is 2.01. The molecule has 0 radical (unpaired) electrons. The highest BCUT2D eigenvalue weighted by Gasteiger charge is 2.08. The van der Waals surface area contributed by atoms with E-state index in [0.717, 1.165) is 0 Å². The first-order valence-corrected chi connectivity index (χ1v) is 7.29. The lowest BCUT2D eigenvalue weighted by atomic mass is 10.1. The van der Waals surface area contributed by atoms with Crippen LogP contribution in [0.5, 0.6) is 11.5 Å². The molecule has 0 aromatic heterocycles. The average molecular weight is 326 g/mol. The van der Waals surface area contributed by atoms with Gasteiger partial charge in [0.25, 0.3) is 0 Å². The minimum absolute atomic E-state index is 0.251. The first-order chi connectivity index (χ1) is 11.6. The second-order valence-corrected chi connectivity index (χ2v) is 4.84. The number of esters is 1. The lowest BCUT2D eigenvalue weighted by Gasteiger charge is -2.07. The van der Waals surface area contributed by atoms with Crippen LogP contribution >= 0.6 is 0 Å². The Bertz CT molecular complexity index is 735. The number of benzene rings is 2. The summed E-state index contributed by atoms with van der Waals surface area (Å²) in [5.74, 6) is 0.371. The summed E-state index contributed by atoms with van der Waals surface area (Å²) in [6.07, 6.45) is 2.82. The van der Waals surface area contributed by atoms with E-state index in [4.69, 9.17) is 14.2 Å². The Hall–Kier alpha value is -3.08. The minimum atomic E-state index is -0.600. The molecule has 0 spiro atoms. The van der Waals surface area contributed by atoms with Gasteiger partial charge in [-0.1, -0.05) is 30.3 Å². The van der Waals surface area contributed by atoms with E-state index in [-0.39, 0.29) is 12.4 Å². The third-order valence-corrected chi connectivity index (χ3v) is 3.28. The molecule has 0 aliphatic rings. The van der Waals surface area contributed by atoms with Gasteiger partial charge in [-0.05, 0) is 18.2 Å². The van der Waals surface area contributed by atoms with Gasteiger partial charge in [0.05, 0.1) is 14.2 Å². The van der Waals surface area contributed by atoms with Crippen molar-refractivity contribution in [1.29, 1.82) is 0 Å². The van der Waals surface area contributed by atoms with Crippen LogP contribution in [-0.2, 0) is 9.53 Å². The lowest BCUT2D eigenvalue weighted by molar-refractivity contribution is -0.136. The molecule has 5 nitrogen and oxygen atoms in total. The van der Waals surface area contributed by atoms with Gasteiger partial charge in [0.15, 0.2) is 12.4 Å². The van der Waals surface area contributed by atoms with E-state index < -0.39 is 5.97 Å². The summed E-state index contributed by atoms with van der Waals surface area (Å²) in [6, 6.07) is 13.9. The van der Waals surface area contributed by atoms with Gasteiger partial charge < -0.3 is 14.2 Å². The molecular weight excluding hydrogens is 308 g/mol. The number of carbonyl (C=O) groups excluding carboxylic acids is 2. The molecule has 0 heterocycles. The van der Waals surface area contributed by atoms with Crippen molar-refractivity contribution in [3.8, 4) is 11.5 Å². The molecule has 2 aromatic rings. The zero-order valence-corrected chi connectivity index (χ0v) is 13.5. The number of ketones is 1. The van der Waals surface area contributed by atoms with Crippen LogP contribution in [0.2, 0.25) is 0 Å². The van der Waals surface area contributed by atoms with Crippen LogP contribution in [0, 0.1) is 0 Å². The Morgan fingerprint density at radius 1 is 1.00 bits per heavy atom. The van der Waals surface area contributed by atoms with Gasteiger partial charge in [-0.2, -0.15) is 0 Å². The van der Waals surface area contributed by atoms with E-state index in [2.05, 4.69) is 0 Å². The fourth-order valence-corrected chi connectivity index (χ4v) is 2.01. The highest BCUT2D eigenvalue weighted by molar-refractivity contribution is 5.98. The molecule has 0 saturated heterocycles. The molecule has 24 heavy (non-hydrogen) atoms. The van der Waals surface area contributed by atoms with Crippen molar-refractivity contribution >= 4 is 17.8 Å². The molecule has 0 fully saturated rings. The molecule has 0 unspecified atom stereocenters. The summed E-state index contributed by atoms with van der Waals surface area (Å²) >= 11 is 0. The van der Waals surface area contributed by atoms with Gasteiger partial charge in [-0.3, -0.25) is 4.79 Å². The second kappa shape index (κ2) is 8.53. The van der Waals surface area contributed by atoms with E-state index in [9.17, 15) is 9.59 Å². The van der Waals surface area contributed by atoms with Crippen molar-refractivity contribution in [3.63, 3.8) is 0 Å². The van der Waals surface area contributed by atoms with Crippen LogP contribution in [0.1, 0.15) is 15.9 Å². The number of hydrogen-bond acceptors (Lipinski definition) is 5. The average Bonchev–Trinajstić information content (AvgIpc) is 2.64. The predicted molar refractivity (Wildman–Crippen MR) is 90.3 cm³/mol. The Labute approximate surface area is 140 Å². The molecule has 5 heteroatoms. The molecule has 0 N–H and O–H groups in total. The Morgan fingerprint density at radius 2 is 1.75 bits per heavy atom. The molecule has 124 valence electrons. The van der Waals surface area contributed by atoms with Crippen LogP contribution in [0.25, 0.3) is 6.08 Å². The minimum Gasteiger partial charge on any atom is -0.497 e. The Morgan fingerprint density at radius 3 is 2.42 bits per heavy atom. The zero-order chi connectivity index (χ0) is 17.4. The molecule has 0 saturated carbocycles. The van der Waals surface area contributed by atoms with Crippen LogP contribution in [0.15, 0.2) is 54.6 Å². The van der Waals surface area contributed by atoms with Gasteiger partial charge in [-0.25, -0.2) is 4.79 Å². The first-order valence-electron chi connectivity index (χ1n) is 7.29. The second-order valence-electron chi connectivity index (χ2n) is 4.84. The van der Waals surface area contributed by atoms with Crippen molar-refractivity contribution in [1.82, 2.24) is 0 Å². The van der Waals surface area contributed by atoms with E-state index >= 15 is 0 Å². The molecule has 0 atom stereocenters. The van der Waals surface area contributed by atoms with Crippen molar-refractivity contribution in [2.45, 2.75) is 0 Å². The molecule has 0 bridgehead atoms. The summed E-state index contributed by atoms with van der Waals surface area (Å²) in [6.45, 7) is -0.299. The van der Waals surface area contributed by atoms with Gasteiger partial charge in [-0.15, -0.1) is 0 Å². The van der Waals surface area contributed by atoms with Crippen molar-refractivity contribution in [3.05, 3.63) is 65.7 Å². The summed E-state index contributed by atoms with van der Waals surface area (Å²) < 4.78 is 15.3. The molecule has 0 aliphatic carbocycles. The monoisotopic (exact) mass is 326 g/mol.